The van der Waals surface area contributed by atoms with Gasteiger partial charge in [0.1, 0.15) is 4.84 Å². The number of aliphatic hydroxyl groups is 1. The fourth-order valence-corrected chi connectivity index (χ4v) is 1.81. The number of hydrogen-bond donors (Lipinski definition) is 2. The molecule has 0 aliphatic carbocycles. The minimum Gasteiger partial charge on any atom is -0.373 e. The number of carbonyl (C=O) groups excluding carboxylic acids is 1. The van der Waals surface area contributed by atoms with Gasteiger partial charge in [-0.3, -0.25) is 4.79 Å². The molecule has 1 aromatic carbocycles. The summed E-state index contributed by atoms with van der Waals surface area (Å²) in [7, 11) is 0. The normalized spacial score (nSPS) is 15.0. The fraction of sp³-hybridized carbons (Fsp3) is 0.222. The van der Waals surface area contributed by atoms with Crippen molar-refractivity contribution in [3.8, 4) is 0 Å². The predicted molar refractivity (Wildman–Crippen MR) is 62.7 cm³/mol. The van der Waals surface area contributed by atoms with Crippen molar-refractivity contribution in [3.05, 3.63) is 34.3 Å². The maximum atomic E-state index is 11.1. The van der Waals surface area contributed by atoms with E-state index in [9.17, 15) is 9.90 Å². The summed E-state index contributed by atoms with van der Waals surface area (Å²) in [5, 5.41) is 9.97. The lowest BCUT2D eigenvalue weighted by molar-refractivity contribution is -0.135. The number of benzene rings is 1. The van der Waals surface area contributed by atoms with Crippen LogP contribution in [0.1, 0.15) is 5.56 Å². The minimum atomic E-state index is -2.07. The quantitative estimate of drug-likeness (QED) is 0.838. The van der Waals surface area contributed by atoms with Crippen LogP contribution in [0.2, 0.25) is 0 Å². The molecule has 0 saturated heterocycles. The largest absolute Gasteiger partial charge is 0.373 e. The van der Waals surface area contributed by atoms with Gasteiger partial charge in [-0.1, -0.05) is 28.1 Å². The first-order valence-corrected chi connectivity index (χ1v) is 5.62. The van der Waals surface area contributed by atoms with Gasteiger partial charge in [-0.25, -0.2) is 0 Å². The highest BCUT2D eigenvalue weighted by atomic mass is 79.9. The highest BCUT2D eigenvalue weighted by Gasteiger charge is 2.42. The molecule has 1 amide bonds. The second kappa shape index (κ2) is 4.70. The summed E-state index contributed by atoms with van der Waals surface area (Å²) < 4.78 is 0.804. The van der Waals surface area contributed by atoms with Crippen LogP contribution in [0.25, 0.3) is 0 Å². The lowest BCUT2D eigenvalue weighted by Crippen LogP contribution is -2.46. The van der Waals surface area contributed by atoms with E-state index in [2.05, 4.69) is 15.9 Å². The fourth-order valence-electron chi connectivity index (χ4n) is 1.08. The van der Waals surface area contributed by atoms with E-state index in [1.807, 2.05) is 0 Å². The molecule has 0 saturated carbocycles. The van der Waals surface area contributed by atoms with Crippen LogP contribution in [-0.2, 0) is 10.4 Å². The van der Waals surface area contributed by atoms with Gasteiger partial charge >= 0.3 is 0 Å². The standard InChI is InChI=1S/C9H8BrCl2NO2/c10-6-3-1-5(2-4-6)9(15,7(11)12)8(13)14/h1-4,7,15H,(H2,13,14). The first-order valence-electron chi connectivity index (χ1n) is 3.95. The van der Waals surface area contributed by atoms with Gasteiger partial charge in [0.2, 0.25) is 0 Å². The van der Waals surface area contributed by atoms with Gasteiger partial charge in [-0.2, -0.15) is 0 Å². The Morgan fingerprint density at radius 1 is 1.40 bits per heavy atom. The van der Waals surface area contributed by atoms with Crippen LogP contribution in [0.5, 0.6) is 0 Å². The Morgan fingerprint density at radius 3 is 2.20 bits per heavy atom. The first kappa shape index (κ1) is 12.8. The Bertz CT molecular complexity index is 369. The number of rotatable bonds is 3. The molecule has 3 nitrogen and oxygen atoms in total. The van der Waals surface area contributed by atoms with E-state index in [0.717, 1.165) is 4.47 Å². The monoisotopic (exact) mass is 311 g/mol. The molecule has 0 radical (unpaired) electrons. The van der Waals surface area contributed by atoms with Crippen LogP contribution >= 0.6 is 39.1 Å². The van der Waals surface area contributed by atoms with Crippen LogP contribution in [0.4, 0.5) is 0 Å². The maximum Gasteiger partial charge on any atom is 0.256 e. The molecule has 15 heavy (non-hydrogen) atoms. The number of amides is 1. The van der Waals surface area contributed by atoms with Crippen LogP contribution in [0.3, 0.4) is 0 Å². The zero-order valence-electron chi connectivity index (χ0n) is 7.45. The summed E-state index contributed by atoms with van der Waals surface area (Å²) in [5.74, 6) is -0.986. The third kappa shape index (κ3) is 2.45. The van der Waals surface area contributed by atoms with E-state index >= 15 is 0 Å². The van der Waals surface area contributed by atoms with Crippen LogP contribution in [0.15, 0.2) is 28.7 Å². The molecule has 0 aliphatic rings. The Morgan fingerprint density at radius 2 is 1.87 bits per heavy atom. The van der Waals surface area contributed by atoms with Crippen molar-refractivity contribution in [2.75, 3.05) is 0 Å². The van der Waals surface area contributed by atoms with Gasteiger partial charge < -0.3 is 10.8 Å². The molecule has 6 heteroatoms. The van der Waals surface area contributed by atoms with Gasteiger partial charge in [0.25, 0.3) is 5.91 Å². The topological polar surface area (TPSA) is 63.3 Å². The highest BCUT2D eigenvalue weighted by Crippen LogP contribution is 2.31. The Labute approximate surface area is 105 Å². The average Bonchev–Trinajstić information content (AvgIpc) is 2.17. The number of nitrogens with two attached hydrogens (primary N) is 1. The summed E-state index contributed by atoms with van der Waals surface area (Å²) in [6.45, 7) is 0. The minimum absolute atomic E-state index is 0.258. The molecule has 1 atom stereocenters. The van der Waals surface area contributed by atoms with Gasteiger partial charge in [0.05, 0.1) is 0 Å². The summed E-state index contributed by atoms with van der Waals surface area (Å²) in [5.41, 5.74) is 3.26. The average molecular weight is 313 g/mol. The summed E-state index contributed by atoms with van der Waals surface area (Å²) in [6, 6.07) is 6.35. The summed E-state index contributed by atoms with van der Waals surface area (Å²) in [4.78, 5) is 9.82. The second-order valence-electron chi connectivity index (χ2n) is 2.94. The van der Waals surface area contributed by atoms with Gasteiger partial charge in [-0.05, 0) is 17.7 Å². The van der Waals surface area contributed by atoms with E-state index in [-0.39, 0.29) is 5.56 Å². The molecular weight excluding hydrogens is 305 g/mol. The SMILES string of the molecule is NC(=O)C(O)(c1ccc(Br)cc1)C(Cl)Cl. The van der Waals surface area contributed by atoms with Crippen LogP contribution < -0.4 is 5.73 Å². The molecule has 1 aromatic rings. The zero-order chi connectivity index (χ0) is 11.6. The van der Waals surface area contributed by atoms with E-state index < -0.39 is 16.3 Å². The van der Waals surface area contributed by atoms with Crippen molar-refractivity contribution in [2.45, 2.75) is 10.4 Å². The molecule has 0 fully saturated rings. The Balaban J connectivity index is 3.22. The second-order valence-corrected chi connectivity index (χ2v) is 4.95. The molecule has 1 unspecified atom stereocenters. The van der Waals surface area contributed by atoms with Crippen molar-refractivity contribution >= 4 is 45.0 Å². The Kier molecular flexibility index (Phi) is 4.00. The first-order chi connectivity index (χ1) is 6.89. The van der Waals surface area contributed by atoms with Gasteiger partial charge in [-0.15, -0.1) is 23.2 Å². The lowest BCUT2D eigenvalue weighted by Gasteiger charge is -2.26. The molecule has 3 N–H and O–H groups in total. The van der Waals surface area contributed by atoms with E-state index in [1.54, 1.807) is 12.1 Å². The third-order valence-corrected chi connectivity index (χ3v) is 3.14. The molecule has 82 valence electrons. The van der Waals surface area contributed by atoms with Crippen molar-refractivity contribution in [1.82, 2.24) is 0 Å². The molecule has 0 aromatic heterocycles. The maximum absolute atomic E-state index is 11.1. The highest BCUT2D eigenvalue weighted by molar-refractivity contribution is 9.10. The number of halogens is 3. The molecule has 0 bridgehead atoms. The van der Waals surface area contributed by atoms with Crippen molar-refractivity contribution in [1.29, 1.82) is 0 Å². The molecule has 0 spiro atoms. The Hall–Kier alpha value is -0.290. The predicted octanol–water partition coefficient (Wildman–Crippen LogP) is 1.93. The van der Waals surface area contributed by atoms with Gasteiger partial charge in [0.15, 0.2) is 5.60 Å². The smallest absolute Gasteiger partial charge is 0.256 e. The van der Waals surface area contributed by atoms with Crippen LogP contribution in [0, 0.1) is 0 Å². The zero-order valence-corrected chi connectivity index (χ0v) is 10.6. The lowest BCUT2D eigenvalue weighted by atomic mass is 9.95. The molecular formula is C9H8BrCl2NO2. The van der Waals surface area contributed by atoms with Crippen molar-refractivity contribution in [3.63, 3.8) is 0 Å². The summed E-state index contributed by atoms with van der Waals surface area (Å²) >= 11 is 14.3. The summed E-state index contributed by atoms with van der Waals surface area (Å²) in [6.07, 6.45) is 0. The van der Waals surface area contributed by atoms with E-state index in [1.165, 1.54) is 12.1 Å². The number of primary amides is 1. The number of alkyl halides is 2. The molecule has 1 rings (SSSR count). The van der Waals surface area contributed by atoms with E-state index in [4.69, 9.17) is 28.9 Å². The van der Waals surface area contributed by atoms with E-state index in [0.29, 0.717) is 0 Å². The van der Waals surface area contributed by atoms with Crippen LogP contribution in [-0.4, -0.2) is 15.8 Å². The number of carbonyl (C=O) groups is 1. The van der Waals surface area contributed by atoms with Gasteiger partial charge in [0, 0.05) is 4.47 Å². The number of hydrogen-bond acceptors (Lipinski definition) is 2. The van der Waals surface area contributed by atoms with Crippen molar-refractivity contribution in [2.24, 2.45) is 5.73 Å². The molecule has 0 aliphatic heterocycles. The third-order valence-electron chi connectivity index (χ3n) is 1.98. The molecule has 0 heterocycles. The van der Waals surface area contributed by atoms with Crippen molar-refractivity contribution < 1.29 is 9.90 Å².